The average molecular weight is 450 g/mol. The fourth-order valence-corrected chi connectivity index (χ4v) is 5.13. The van der Waals surface area contributed by atoms with Gasteiger partial charge in [-0.25, -0.2) is 0 Å². The molecule has 0 bridgehead atoms. The molecule has 1 aliphatic heterocycles. The van der Waals surface area contributed by atoms with E-state index in [1.54, 1.807) is 5.56 Å². The summed E-state index contributed by atoms with van der Waals surface area (Å²) in [7, 11) is 4.32. The van der Waals surface area contributed by atoms with Gasteiger partial charge in [0, 0.05) is 62.4 Å². The Kier molecular flexibility index (Phi) is 8.76. The minimum atomic E-state index is 0.557. The van der Waals surface area contributed by atoms with Crippen LogP contribution < -0.4 is 15.5 Å². The SMILES string of the molecule is CCN(CCNC1CC1)c1cccc2c1CC(CN(C)C)NC2.c1cnc2c(c1)CCCC2. The van der Waals surface area contributed by atoms with Gasteiger partial charge in [-0.3, -0.25) is 4.98 Å². The van der Waals surface area contributed by atoms with E-state index in [-0.39, 0.29) is 0 Å². The van der Waals surface area contributed by atoms with Gasteiger partial charge in [0.2, 0.25) is 0 Å². The average Bonchev–Trinajstić information content (AvgIpc) is 3.66. The molecule has 1 fully saturated rings. The van der Waals surface area contributed by atoms with Crippen LogP contribution in [0.15, 0.2) is 36.5 Å². The molecule has 0 spiro atoms. The van der Waals surface area contributed by atoms with Crippen LogP contribution in [0.5, 0.6) is 0 Å². The lowest BCUT2D eigenvalue weighted by Crippen LogP contribution is -2.43. The summed E-state index contributed by atoms with van der Waals surface area (Å²) in [4.78, 5) is 9.15. The number of anilines is 1. The Balaban J connectivity index is 0.000000214. The van der Waals surface area contributed by atoms with Crippen LogP contribution in [0.1, 0.15) is 55.0 Å². The van der Waals surface area contributed by atoms with Crippen molar-refractivity contribution in [1.29, 1.82) is 0 Å². The van der Waals surface area contributed by atoms with Crippen molar-refractivity contribution in [3.63, 3.8) is 0 Å². The molecule has 180 valence electrons. The zero-order valence-corrected chi connectivity index (χ0v) is 20.9. The van der Waals surface area contributed by atoms with Crippen LogP contribution in [0.25, 0.3) is 0 Å². The number of aryl methyl sites for hydroxylation is 2. The Morgan fingerprint density at radius 1 is 1.06 bits per heavy atom. The zero-order chi connectivity index (χ0) is 23.0. The maximum Gasteiger partial charge on any atom is 0.0435 e. The van der Waals surface area contributed by atoms with Gasteiger partial charge in [-0.15, -0.1) is 0 Å². The zero-order valence-electron chi connectivity index (χ0n) is 20.9. The van der Waals surface area contributed by atoms with Crippen LogP contribution in [0.2, 0.25) is 0 Å². The smallest absolute Gasteiger partial charge is 0.0435 e. The topological polar surface area (TPSA) is 43.4 Å². The van der Waals surface area contributed by atoms with Crippen molar-refractivity contribution in [2.24, 2.45) is 0 Å². The Morgan fingerprint density at radius 3 is 2.64 bits per heavy atom. The number of nitrogens with zero attached hydrogens (tertiary/aromatic N) is 3. The molecule has 5 heteroatoms. The van der Waals surface area contributed by atoms with Gasteiger partial charge in [0.15, 0.2) is 0 Å². The number of likely N-dealkylation sites (N-methyl/N-ethyl adjacent to an activating group) is 2. The molecule has 0 amide bonds. The number of hydrogen-bond donors (Lipinski definition) is 2. The van der Waals surface area contributed by atoms with E-state index in [0.717, 1.165) is 45.2 Å². The number of aromatic nitrogens is 1. The predicted octanol–water partition coefficient (Wildman–Crippen LogP) is 3.80. The van der Waals surface area contributed by atoms with Gasteiger partial charge >= 0.3 is 0 Å². The summed E-state index contributed by atoms with van der Waals surface area (Å²) in [5.41, 5.74) is 7.29. The van der Waals surface area contributed by atoms with Crippen LogP contribution >= 0.6 is 0 Å². The summed E-state index contributed by atoms with van der Waals surface area (Å²) in [6.45, 7) is 7.66. The molecule has 2 N–H and O–H groups in total. The molecule has 1 aromatic heterocycles. The van der Waals surface area contributed by atoms with Crippen LogP contribution in [-0.2, 0) is 25.8 Å². The van der Waals surface area contributed by atoms with Crippen molar-refractivity contribution >= 4 is 5.69 Å². The third kappa shape index (κ3) is 7.02. The minimum absolute atomic E-state index is 0.557. The highest BCUT2D eigenvalue weighted by molar-refractivity contribution is 5.58. The first-order valence-corrected chi connectivity index (χ1v) is 13.0. The molecule has 0 radical (unpaired) electrons. The van der Waals surface area contributed by atoms with Crippen LogP contribution in [0.3, 0.4) is 0 Å². The van der Waals surface area contributed by atoms with Crippen LogP contribution in [0.4, 0.5) is 5.69 Å². The minimum Gasteiger partial charge on any atom is -0.370 e. The monoisotopic (exact) mass is 449 g/mol. The standard InChI is InChI=1S/C19H32N4.C9H11N/c1-4-23(11-10-20-16-8-9-16)19-7-5-6-15-13-21-17(12-18(15)19)14-22(2)3;1-2-6-9-8(4-1)5-3-7-10-9/h5-7,16-17,20-21H,4,8-14H2,1-3H3;3,5,7H,1-2,4,6H2. The molecular formula is C28H43N5. The van der Waals surface area contributed by atoms with E-state index in [1.807, 2.05) is 12.3 Å². The molecule has 1 unspecified atom stereocenters. The quantitative estimate of drug-likeness (QED) is 0.642. The molecule has 1 atom stereocenters. The molecule has 2 aromatic rings. The number of pyridine rings is 1. The van der Waals surface area contributed by atoms with Gasteiger partial charge in [-0.05, 0) is 94.8 Å². The highest BCUT2D eigenvalue weighted by Crippen LogP contribution is 2.28. The Bertz CT molecular complexity index is 851. The fraction of sp³-hybridized carbons (Fsp3) is 0.607. The third-order valence-electron chi connectivity index (χ3n) is 7.07. The van der Waals surface area contributed by atoms with Gasteiger partial charge in [0.05, 0.1) is 0 Å². The van der Waals surface area contributed by atoms with Crippen molar-refractivity contribution in [1.82, 2.24) is 20.5 Å². The molecule has 2 heterocycles. The molecule has 1 saturated carbocycles. The van der Waals surface area contributed by atoms with Crippen molar-refractivity contribution in [2.45, 2.75) is 70.5 Å². The second-order valence-electron chi connectivity index (χ2n) is 10.1. The first kappa shape index (κ1) is 24.2. The molecule has 3 aliphatic rings. The van der Waals surface area contributed by atoms with E-state index in [0.29, 0.717) is 6.04 Å². The van der Waals surface area contributed by atoms with Gasteiger partial charge in [0.1, 0.15) is 0 Å². The normalized spacial score (nSPS) is 19.3. The third-order valence-corrected chi connectivity index (χ3v) is 7.07. The number of hydrogen-bond acceptors (Lipinski definition) is 5. The maximum absolute atomic E-state index is 4.32. The molecule has 5 nitrogen and oxygen atoms in total. The molecule has 1 aromatic carbocycles. The maximum atomic E-state index is 4.32. The first-order chi connectivity index (χ1) is 16.1. The van der Waals surface area contributed by atoms with E-state index in [4.69, 9.17) is 0 Å². The number of fused-ring (bicyclic) bond motifs is 2. The summed E-state index contributed by atoms with van der Waals surface area (Å²) in [6, 6.07) is 12.4. The lowest BCUT2D eigenvalue weighted by Gasteiger charge is -2.33. The van der Waals surface area contributed by atoms with Gasteiger partial charge in [0.25, 0.3) is 0 Å². The summed E-state index contributed by atoms with van der Waals surface area (Å²) in [5, 5.41) is 7.33. The van der Waals surface area contributed by atoms with Gasteiger partial charge in [-0.1, -0.05) is 18.2 Å². The Hall–Kier alpha value is -1.95. The fourth-order valence-electron chi connectivity index (χ4n) is 5.13. The van der Waals surface area contributed by atoms with E-state index >= 15 is 0 Å². The van der Waals surface area contributed by atoms with E-state index in [1.165, 1.54) is 61.0 Å². The van der Waals surface area contributed by atoms with Crippen molar-refractivity contribution in [3.8, 4) is 0 Å². The largest absolute Gasteiger partial charge is 0.370 e. The molecule has 5 rings (SSSR count). The van der Waals surface area contributed by atoms with Crippen molar-refractivity contribution in [2.75, 3.05) is 45.2 Å². The molecular weight excluding hydrogens is 406 g/mol. The lowest BCUT2D eigenvalue weighted by atomic mass is 9.93. The van der Waals surface area contributed by atoms with Crippen molar-refractivity contribution in [3.05, 3.63) is 58.9 Å². The van der Waals surface area contributed by atoms with Crippen LogP contribution in [0, 0.1) is 0 Å². The Labute approximate surface area is 201 Å². The van der Waals surface area contributed by atoms with E-state index < -0.39 is 0 Å². The summed E-state index contributed by atoms with van der Waals surface area (Å²) >= 11 is 0. The van der Waals surface area contributed by atoms with Gasteiger partial charge in [-0.2, -0.15) is 0 Å². The highest BCUT2D eigenvalue weighted by atomic mass is 15.2. The number of nitrogens with one attached hydrogen (secondary N) is 2. The number of rotatable bonds is 8. The molecule has 2 aliphatic carbocycles. The highest BCUT2D eigenvalue weighted by Gasteiger charge is 2.23. The second kappa shape index (κ2) is 12.0. The van der Waals surface area contributed by atoms with Gasteiger partial charge < -0.3 is 20.4 Å². The van der Waals surface area contributed by atoms with E-state index in [2.05, 4.69) is 70.7 Å². The predicted molar refractivity (Wildman–Crippen MR) is 139 cm³/mol. The number of benzene rings is 1. The molecule has 0 saturated heterocycles. The second-order valence-corrected chi connectivity index (χ2v) is 10.1. The first-order valence-electron chi connectivity index (χ1n) is 13.0. The lowest BCUT2D eigenvalue weighted by molar-refractivity contribution is 0.326. The summed E-state index contributed by atoms with van der Waals surface area (Å²) < 4.78 is 0. The van der Waals surface area contributed by atoms with Crippen LogP contribution in [-0.4, -0.2) is 62.2 Å². The molecule has 33 heavy (non-hydrogen) atoms. The summed E-state index contributed by atoms with van der Waals surface area (Å²) in [6.07, 6.45) is 10.9. The summed E-state index contributed by atoms with van der Waals surface area (Å²) in [5.74, 6) is 0. The van der Waals surface area contributed by atoms with E-state index in [9.17, 15) is 0 Å². The Morgan fingerprint density at radius 2 is 1.88 bits per heavy atom. The van der Waals surface area contributed by atoms with Crippen molar-refractivity contribution < 1.29 is 0 Å².